The minimum atomic E-state index is -0.435. The number of hydrogen-bond donors (Lipinski definition) is 1. The summed E-state index contributed by atoms with van der Waals surface area (Å²) in [7, 11) is 0. The zero-order valence-electron chi connectivity index (χ0n) is 13.5. The molecule has 1 N–H and O–H groups in total. The number of rotatable bonds is 6. The second kappa shape index (κ2) is 8.76. The fourth-order valence-corrected chi connectivity index (χ4v) is 3.04. The number of anilines is 1. The summed E-state index contributed by atoms with van der Waals surface area (Å²) in [5.74, 6) is -0.702. The number of amides is 1. The fourth-order valence-electron chi connectivity index (χ4n) is 1.94. The van der Waals surface area contributed by atoms with Gasteiger partial charge in [0, 0.05) is 4.90 Å². The van der Waals surface area contributed by atoms with Crippen molar-refractivity contribution in [1.82, 2.24) is 0 Å². The van der Waals surface area contributed by atoms with Gasteiger partial charge in [0.15, 0.2) is 6.61 Å². The third-order valence-corrected chi connectivity index (χ3v) is 4.66. The predicted octanol–water partition coefficient (Wildman–Crippen LogP) is 4.23. The Balaban J connectivity index is 1.77. The number of benzene rings is 2. The van der Waals surface area contributed by atoms with Crippen LogP contribution in [0.2, 0.25) is 5.02 Å². The van der Waals surface area contributed by atoms with Crippen molar-refractivity contribution in [2.45, 2.75) is 18.7 Å². The summed E-state index contributed by atoms with van der Waals surface area (Å²) in [6, 6.07) is 12.9. The summed E-state index contributed by atoms with van der Waals surface area (Å²) in [4.78, 5) is 24.6. The van der Waals surface area contributed by atoms with E-state index in [1.54, 1.807) is 24.3 Å². The van der Waals surface area contributed by atoms with Crippen molar-refractivity contribution in [3.8, 4) is 0 Å². The molecule has 0 heterocycles. The van der Waals surface area contributed by atoms with E-state index in [0.29, 0.717) is 10.7 Å². The van der Waals surface area contributed by atoms with Crippen LogP contribution in [0.1, 0.15) is 11.1 Å². The molecule has 0 atom stereocenters. The Morgan fingerprint density at radius 1 is 1.17 bits per heavy atom. The average molecular weight is 364 g/mol. The highest BCUT2D eigenvalue weighted by Crippen LogP contribution is 2.23. The number of halogens is 1. The van der Waals surface area contributed by atoms with Gasteiger partial charge in [-0.25, -0.2) is 0 Å². The summed E-state index contributed by atoms with van der Waals surface area (Å²) < 4.78 is 4.99. The molecule has 0 aromatic heterocycles. The first kappa shape index (κ1) is 18.4. The summed E-state index contributed by atoms with van der Waals surface area (Å²) in [5, 5.41) is 3.03. The molecule has 0 spiro atoms. The highest BCUT2D eigenvalue weighted by atomic mass is 35.5. The van der Waals surface area contributed by atoms with Gasteiger partial charge >= 0.3 is 5.97 Å². The van der Waals surface area contributed by atoms with E-state index in [9.17, 15) is 9.59 Å². The summed E-state index contributed by atoms with van der Waals surface area (Å²) >= 11 is 7.35. The van der Waals surface area contributed by atoms with Crippen molar-refractivity contribution in [3.63, 3.8) is 0 Å². The number of nitrogens with one attached hydrogen (secondary N) is 1. The van der Waals surface area contributed by atoms with Crippen molar-refractivity contribution < 1.29 is 14.3 Å². The molecular weight excluding hydrogens is 346 g/mol. The molecule has 0 aliphatic carbocycles. The van der Waals surface area contributed by atoms with Gasteiger partial charge in [0.2, 0.25) is 0 Å². The molecule has 4 nitrogen and oxygen atoms in total. The predicted molar refractivity (Wildman–Crippen MR) is 97.7 cm³/mol. The summed E-state index contributed by atoms with van der Waals surface area (Å²) in [6.07, 6.45) is 0. The Hall–Kier alpha value is -1.98. The zero-order chi connectivity index (χ0) is 17.5. The van der Waals surface area contributed by atoms with Crippen LogP contribution in [0.25, 0.3) is 0 Å². The minimum absolute atomic E-state index is 0.156. The lowest BCUT2D eigenvalue weighted by Crippen LogP contribution is -2.21. The lowest BCUT2D eigenvalue weighted by atomic mass is 10.2. The Bertz CT molecular complexity index is 749. The maximum atomic E-state index is 11.8. The maximum Gasteiger partial charge on any atom is 0.316 e. The fraction of sp³-hybridized carbons (Fsp3) is 0.222. The van der Waals surface area contributed by atoms with Crippen LogP contribution >= 0.6 is 23.4 Å². The molecule has 126 valence electrons. The summed E-state index contributed by atoms with van der Waals surface area (Å²) in [6.45, 7) is 3.66. The lowest BCUT2D eigenvalue weighted by molar-refractivity contribution is -0.144. The van der Waals surface area contributed by atoms with Crippen LogP contribution in [0.5, 0.6) is 0 Å². The van der Waals surface area contributed by atoms with Crippen LogP contribution in [-0.2, 0) is 14.3 Å². The first-order valence-corrected chi connectivity index (χ1v) is 8.72. The number of aryl methyl sites for hydroxylation is 2. The van der Waals surface area contributed by atoms with Crippen LogP contribution in [-0.4, -0.2) is 24.2 Å². The van der Waals surface area contributed by atoms with Crippen molar-refractivity contribution in [1.29, 1.82) is 0 Å². The van der Waals surface area contributed by atoms with E-state index in [1.165, 1.54) is 11.8 Å². The first-order chi connectivity index (χ1) is 11.5. The molecule has 0 fully saturated rings. The second-order valence-corrected chi connectivity index (χ2v) is 6.67. The van der Waals surface area contributed by atoms with E-state index in [-0.39, 0.29) is 12.4 Å². The molecule has 0 saturated carbocycles. The van der Waals surface area contributed by atoms with Gasteiger partial charge in [-0.05, 0) is 37.6 Å². The van der Waals surface area contributed by atoms with Gasteiger partial charge in [-0.1, -0.05) is 41.4 Å². The van der Waals surface area contributed by atoms with Gasteiger partial charge < -0.3 is 10.1 Å². The average Bonchev–Trinajstić information content (AvgIpc) is 2.56. The monoisotopic (exact) mass is 363 g/mol. The van der Waals surface area contributed by atoms with Gasteiger partial charge in [0.1, 0.15) is 0 Å². The second-order valence-electron chi connectivity index (χ2n) is 5.25. The normalized spacial score (nSPS) is 10.3. The van der Waals surface area contributed by atoms with Gasteiger partial charge in [-0.3, -0.25) is 9.59 Å². The number of carbonyl (C=O) groups is 2. The van der Waals surface area contributed by atoms with E-state index in [0.717, 1.165) is 16.0 Å². The summed E-state index contributed by atoms with van der Waals surface area (Å²) in [5.41, 5.74) is 2.73. The third kappa shape index (κ3) is 5.58. The topological polar surface area (TPSA) is 55.4 Å². The molecule has 24 heavy (non-hydrogen) atoms. The number of esters is 1. The first-order valence-electron chi connectivity index (χ1n) is 7.36. The minimum Gasteiger partial charge on any atom is -0.455 e. The Morgan fingerprint density at radius 3 is 2.67 bits per heavy atom. The van der Waals surface area contributed by atoms with Crippen molar-refractivity contribution in [3.05, 3.63) is 58.6 Å². The molecule has 2 rings (SSSR count). The van der Waals surface area contributed by atoms with Crippen LogP contribution in [0, 0.1) is 13.8 Å². The Morgan fingerprint density at radius 2 is 1.92 bits per heavy atom. The quantitative estimate of drug-likeness (QED) is 0.616. The molecule has 0 saturated heterocycles. The number of carbonyl (C=O) groups excluding carboxylic acids is 2. The van der Waals surface area contributed by atoms with E-state index in [4.69, 9.17) is 16.3 Å². The van der Waals surface area contributed by atoms with Gasteiger partial charge in [0.05, 0.1) is 16.5 Å². The Kier molecular flexibility index (Phi) is 6.70. The Labute approximate surface area is 150 Å². The van der Waals surface area contributed by atoms with Gasteiger partial charge in [-0.15, -0.1) is 11.8 Å². The highest BCUT2D eigenvalue weighted by molar-refractivity contribution is 8.00. The SMILES string of the molecule is Cc1ccc(C)c(SCC(=O)OCC(=O)Nc2ccccc2Cl)c1. The molecule has 6 heteroatoms. The lowest BCUT2D eigenvalue weighted by Gasteiger charge is -2.09. The molecule has 2 aromatic rings. The van der Waals surface area contributed by atoms with Crippen LogP contribution < -0.4 is 5.32 Å². The molecular formula is C18H18ClNO3S. The largest absolute Gasteiger partial charge is 0.455 e. The van der Waals surface area contributed by atoms with Crippen LogP contribution in [0.4, 0.5) is 5.69 Å². The van der Waals surface area contributed by atoms with E-state index >= 15 is 0 Å². The number of thioether (sulfide) groups is 1. The van der Waals surface area contributed by atoms with Crippen molar-refractivity contribution in [2.24, 2.45) is 0 Å². The van der Waals surface area contributed by atoms with E-state index in [1.807, 2.05) is 32.0 Å². The zero-order valence-corrected chi connectivity index (χ0v) is 15.0. The third-order valence-electron chi connectivity index (χ3n) is 3.20. The maximum absolute atomic E-state index is 11.8. The highest BCUT2D eigenvalue weighted by Gasteiger charge is 2.10. The van der Waals surface area contributed by atoms with Crippen LogP contribution in [0.3, 0.4) is 0 Å². The smallest absolute Gasteiger partial charge is 0.316 e. The molecule has 1 amide bonds. The van der Waals surface area contributed by atoms with Gasteiger partial charge in [0.25, 0.3) is 5.91 Å². The number of para-hydroxylation sites is 1. The van der Waals surface area contributed by atoms with Crippen molar-refractivity contribution in [2.75, 3.05) is 17.7 Å². The van der Waals surface area contributed by atoms with E-state index < -0.39 is 11.9 Å². The molecule has 0 aliphatic heterocycles. The molecule has 0 unspecified atom stereocenters. The number of ether oxygens (including phenoxy) is 1. The molecule has 0 bridgehead atoms. The molecule has 2 aromatic carbocycles. The molecule has 0 aliphatic rings. The standard InChI is InChI=1S/C18H18ClNO3S/c1-12-7-8-13(2)16(9-12)24-11-18(22)23-10-17(21)20-15-6-4-3-5-14(15)19/h3-9H,10-11H2,1-2H3,(H,20,21). The van der Waals surface area contributed by atoms with Crippen LogP contribution in [0.15, 0.2) is 47.4 Å². The van der Waals surface area contributed by atoms with Crippen molar-refractivity contribution >= 4 is 40.9 Å². The number of hydrogen-bond acceptors (Lipinski definition) is 4. The van der Waals surface area contributed by atoms with E-state index in [2.05, 4.69) is 5.32 Å². The molecule has 0 radical (unpaired) electrons. The van der Waals surface area contributed by atoms with Gasteiger partial charge in [-0.2, -0.15) is 0 Å².